The SMILES string of the molecule is O=C(Cn1c(-c2ccccn2)nc2ccccc21)NCCc1cnccn1. The summed E-state index contributed by atoms with van der Waals surface area (Å²) in [5.74, 6) is 0.597. The summed E-state index contributed by atoms with van der Waals surface area (Å²) < 4.78 is 1.90. The second-order valence-electron chi connectivity index (χ2n) is 6.02. The molecule has 7 nitrogen and oxygen atoms in total. The fourth-order valence-corrected chi connectivity index (χ4v) is 2.91. The lowest BCUT2D eigenvalue weighted by Crippen LogP contribution is -2.29. The van der Waals surface area contributed by atoms with Crippen LogP contribution < -0.4 is 5.32 Å². The zero-order valence-corrected chi connectivity index (χ0v) is 14.6. The Morgan fingerprint density at radius 2 is 1.89 bits per heavy atom. The number of rotatable bonds is 6. The summed E-state index contributed by atoms with van der Waals surface area (Å²) in [6.07, 6.45) is 7.34. The van der Waals surface area contributed by atoms with Crippen LogP contribution in [0.1, 0.15) is 5.69 Å². The van der Waals surface area contributed by atoms with Crippen LogP contribution in [-0.2, 0) is 17.8 Å². The maximum absolute atomic E-state index is 12.5. The molecule has 4 aromatic rings. The number of amides is 1. The van der Waals surface area contributed by atoms with Crippen LogP contribution in [0.2, 0.25) is 0 Å². The van der Waals surface area contributed by atoms with Crippen molar-refractivity contribution in [1.82, 2.24) is 29.8 Å². The highest BCUT2D eigenvalue weighted by atomic mass is 16.1. The molecule has 0 bridgehead atoms. The molecular weight excluding hydrogens is 340 g/mol. The average Bonchev–Trinajstić information content (AvgIpc) is 3.08. The van der Waals surface area contributed by atoms with E-state index in [2.05, 4.69) is 25.3 Å². The topological polar surface area (TPSA) is 85.6 Å². The Hall–Kier alpha value is -3.61. The first-order valence-electron chi connectivity index (χ1n) is 8.69. The predicted molar refractivity (Wildman–Crippen MR) is 102 cm³/mol. The van der Waals surface area contributed by atoms with Gasteiger partial charge < -0.3 is 9.88 Å². The van der Waals surface area contributed by atoms with Crippen LogP contribution in [-0.4, -0.2) is 37.0 Å². The molecule has 7 heteroatoms. The van der Waals surface area contributed by atoms with E-state index in [0.717, 1.165) is 22.4 Å². The highest BCUT2D eigenvalue weighted by Crippen LogP contribution is 2.23. The minimum Gasteiger partial charge on any atom is -0.354 e. The number of nitrogens with one attached hydrogen (secondary N) is 1. The maximum atomic E-state index is 12.5. The number of fused-ring (bicyclic) bond motifs is 1. The minimum atomic E-state index is -0.0841. The van der Waals surface area contributed by atoms with Crippen LogP contribution in [0.15, 0.2) is 67.3 Å². The molecule has 1 N–H and O–H groups in total. The van der Waals surface area contributed by atoms with Gasteiger partial charge in [-0.15, -0.1) is 0 Å². The van der Waals surface area contributed by atoms with Crippen molar-refractivity contribution in [3.63, 3.8) is 0 Å². The van der Waals surface area contributed by atoms with Crippen LogP contribution in [0.3, 0.4) is 0 Å². The molecule has 0 aliphatic rings. The number of carbonyl (C=O) groups excluding carboxylic acids is 1. The quantitative estimate of drug-likeness (QED) is 0.571. The van der Waals surface area contributed by atoms with Crippen LogP contribution in [0.5, 0.6) is 0 Å². The van der Waals surface area contributed by atoms with Crippen LogP contribution >= 0.6 is 0 Å². The van der Waals surface area contributed by atoms with Gasteiger partial charge in [0.25, 0.3) is 0 Å². The van der Waals surface area contributed by atoms with Crippen LogP contribution in [0.25, 0.3) is 22.6 Å². The molecule has 0 atom stereocenters. The fourth-order valence-electron chi connectivity index (χ4n) is 2.91. The van der Waals surface area contributed by atoms with E-state index in [0.29, 0.717) is 18.8 Å². The van der Waals surface area contributed by atoms with Gasteiger partial charge in [0.1, 0.15) is 12.2 Å². The van der Waals surface area contributed by atoms with Gasteiger partial charge in [-0.2, -0.15) is 0 Å². The lowest BCUT2D eigenvalue weighted by Gasteiger charge is -2.09. The lowest BCUT2D eigenvalue weighted by molar-refractivity contribution is -0.121. The highest BCUT2D eigenvalue weighted by molar-refractivity contribution is 5.84. The molecule has 0 aliphatic carbocycles. The summed E-state index contributed by atoms with van der Waals surface area (Å²) in [5.41, 5.74) is 3.33. The molecule has 4 rings (SSSR count). The Morgan fingerprint density at radius 3 is 2.70 bits per heavy atom. The number of carbonyl (C=O) groups is 1. The molecule has 0 spiro atoms. The summed E-state index contributed by atoms with van der Waals surface area (Å²) in [5, 5.41) is 2.94. The summed E-state index contributed by atoms with van der Waals surface area (Å²) in [7, 11) is 0. The van der Waals surface area contributed by atoms with Crippen molar-refractivity contribution in [2.45, 2.75) is 13.0 Å². The molecule has 0 aliphatic heterocycles. The molecule has 0 saturated carbocycles. The Labute approximate surface area is 156 Å². The first-order chi connectivity index (χ1) is 13.3. The number of imidazole rings is 1. The zero-order chi connectivity index (χ0) is 18.5. The Kier molecular flexibility index (Phi) is 4.82. The van der Waals surface area contributed by atoms with Gasteiger partial charge in [0.05, 0.1) is 16.7 Å². The van der Waals surface area contributed by atoms with E-state index in [1.807, 2.05) is 47.0 Å². The second kappa shape index (κ2) is 7.74. The number of para-hydroxylation sites is 2. The molecule has 0 fully saturated rings. The molecule has 134 valence electrons. The molecule has 1 amide bonds. The van der Waals surface area contributed by atoms with E-state index >= 15 is 0 Å². The largest absolute Gasteiger partial charge is 0.354 e. The number of hydrogen-bond acceptors (Lipinski definition) is 5. The summed E-state index contributed by atoms with van der Waals surface area (Å²) in [6.45, 7) is 0.677. The van der Waals surface area contributed by atoms with Crippen molar-refractivity contribution in [3.8, 4) is 11.5 Å². The van der Waals surface area contributed by atoms with E-state index in [-0.39, 0.29) is 12.5 Å². The van der Waals surface area contributed by atoms with Crippen LogP contribution in [0.4, 0.5) is 0 Å². The number of pyridine rings is 1. The van der Waals surface area contributed by atoms with Gasteiger partial charge in [0, 0.05) is 37.8 Å². The van der Waals surface area contributed by atoms with E-state index in [1.165, 1.54) is 0 Å². The van der Waals surface area contributed by atoms with Crippen molar-refractivity contribution in [2.24, 2.45) is 0 Å². The minimum absolute atomic E-state index is 0.0841. The van der Waals surface area contributed by atoms with Gasteiger partial charge in [-0.25, -0.2) is 4.98 Å². The second-order valence-corrected chi connectivity index (χ2v) is 6.02. The van der Waals surface area contributed by atoms with Gasteiger partial charge in [-0.3, -0.25) is 19.7 Å². The number of hydrogen-bond donors (Lipinski definition) is 1. The Morgan fingerprint density at radius 1 is 1.00 bits per heavy atom. The average molecular weight is 358 g/mol. The molecule has 0 saturated heterocycles. The highest BCUT2D eigenvalue weighted by Gasteiger charge is 2.15. The summed E-state index contributed by atoms with van der Waals surface area (Å²) in [4.78, 5) is 29.8. The van der Waals surface area contributed by atoms with Crippen LogP contribution in [0, 0.1) is 0 Å². The van der Waals surface area contributed by atoms with Gasteiger partial charge >= 0.3 is 0 Å². The third kappa shape index (κ3) is 3.82. The number of nitrogens with zero attached hydrogens (tertiary/aromatic N) is 5. The maximum Gasteiger partial charge on any atom is 0.240 e. The molecular formula is C20H18N6O. The molecule has 3 heterocycles. The van der Waals surface area contributed by atoms with Gasteiger partial charge in [0.15, 0.2) is 5.82 Å². The normalized spacial score (nSPS) is 10.8. The zero-order valence-electron chi connectivity index (χ0n) is 14.6. The van der Waals surface area contributed by atoms with Crippen molar-refractivity contribution in [2.75, 3.05) is 6.54 Å². The van der Waals surface area contributed by atoms with Crippen molar-refractivity contribution < 1.29 is 4.79 Å². The third-order valence-corrected chi connectivity index (χ3v) is 4.17. The summed E-state index contributed by atoms with van der Waals surface area (Å²) >= 11 is 0. The van der Waals surface area contributed by atoms with Crippen molar-refractivity contribution in [1.29, 1.82) is 0 Å². The standard InChI is InChI=1S/C20H18N6O/c27-19(24-10-8-15-13-21-11-12-22-15)14-26-18-7-2-1-5-16(18)25-20(26)17-6-3-4-9-23-17/h1-7,9,11-13H,8,10,14H2,(H,24,27). The first-order valence-corrected chi connectivity index (χ1v) is 8.69. The Bertz CT molecular complexity index is 1050. The van der Waals surface area contributed by atoms with Gasteiger partial charge in [0.2, 0.25) is 5.91 Å². The predicted octanol–water partition coefficient (Wildman–Crippen LogP) is 2.25. The van der Waals surface area contributed by atoms with E-state index in [9.17, 15) is 4.79 Å². The molecule has 1 aromatic carbocycles. The number of aromatic nitrogens is 5. The van der Waals surface area contributed by atoms with E-state index in [4.69, 9.17) is 0 Å². The van der Waals surface area contributed by atoms with E-state index < -0.39 is 0 Å². The van der Waals surface area contributed by atoms with Gasteiger partial charge in [-0.05, 0) is 24.3 Å². The smallest absolute Gasteiger partial charge is 0.240 e. The molecule has 0 unspecified atom stereocenters. The Balaban J connectivity index is 1.53. The van der Waals surface area contributed by atoms with Crippen molar-refractivity contribution in [3.05, 3.63) is 72.9 Å². The number of benzene rings is 1. The molecule has 3 aromatic heterocycles. The molecule has 27 heavy (non-hydrogen) atoms. The van der Waals surface area contributed by atoms with Gasteiger partial charge in [-0.1, -0.05) is 18.2 Å². The molecule has 0 radical (unpaired) electrons. The fraction of sp³-hybridized carbons (Fsp3) is 0.150. The first kappa shape index (κ1) is 16.8. The third-order valence-electron chi connectivity index (χ3n) is 4.17. The summed E-state index contributed by atoms with van der Waals surface area (Å²) in [6, 6.07) is 13.4. The lowest BCUT2D eigenvalue weighted by atomic mass is 10.3. The van der Waals surface area contributed by atoms with Crippen molar-refractivity contribution >= 4 is 16.9 Å². The monoisotopic (exact) mass is 358 g/mol. The van der Waals surface area contributed by atoms with E-state index in [1.54, 1.807) is 24.8 Å².